The van der Waals surface area contributed by atoms with E-state index < -0.39 is 0 Å². The average molecular weight is 285 g/mol. The molecule has 2 nitrogen and oxygen atoms in total. The lowest BCUT2D eigenvalue weighted by atomic mass is 10.1. The lowest BCUT2D eigenvalue weighted by Gasteiger charge is -2.05. The fourth-order valence-corrected chi connectivity index (χ4v) is 2.86. The second kappa shape index (κ2) is 8.66. The van der Waals surface area contributed by atoms with E-state index in [0.29, 0.717) is 0 Å². The highest BCUT2D eigenvalue weighted by atomic mass is 15.1. The van der Waals surface area contributed by atoms with Gasteiger partial charge in [0.2, 0.25) is 0 Å². The Bertz CT molecular complexity index is 514. The van der Waals surface area contributed by atoms with Crippen molar-refractivity contribution in [2.45, 2.75) is 65.5 Å². The smallest absolute Gasteiger partial charge is 0.234 e. The van der Waals surface area contributed by atoms with Gasteiger partial charge in [-0.25, -0.2) is 9.13 Å². The molecule has 0 aliphatic carbocycles. The highest BCUT2D eigenvalue weighted by Crippen LogP contribution is 2.08. The van der Waals surface area contributed by atoms with Crippen LogP contribution in [0.2, 0.25) is 0 Å². The van der Waals surface area contributed by atoms with Crippen molar-refractivity contribution in [1.82, 2.24) is 4.57 Å². The molecule has 0 unspecified atom stereocenters. The summed E-state index contributed by atoms with van der Waals surface area (Å²) in [6.07, 6.45) is 12.2. The summed E-state index contributed by atoms with van der Waals surface area (Å²) in [6.45, 7) is 6.64. The summed E-state index contributed by atoms with van der Waals surface area (Å²) in [5, 5.41) is 0. The summed E-state index contributed by atoms with van der Waals surface area (Å²) in [7, 11) is 0. The van der Waals surface area contributed by atoms with Gasteiger partial charge in [-0.1, -0.05) is 63.4 Å². The summed E-state index contributed by atoms with van der Waals surface area (Å²) in [6, 6.07) is 10.8. The number of aryl methyl sites for hydroxylation is 1. The van der Waals surface area contributed by atoms with E-state index in [0.717, 1.165) is 13.1 Å². The molecule has 0 spiro atoms. The molecule has 0 bridgehead atoms. The second-order valence-corrected chi connectivity index (χ2v) is 5.83. The van der Waals surface area contributed by atoms with Crippen LogP contribution in [0.25, 0.3) is 0 Å². The Hall–Kier alpha value is -1.57. The van der Waals surface area contributed by atoms with Crippen LogP contribution in [0.5, 0.6) is 0 Å². The van der Waals surface area contributed by atoms with Crippen molar-refractivity contribution in [3.05, 3.63) is 54.1 Å². The molecule has 2 rings (SSSR count). The van der Waals surface area contributed by atoms with Crippen LogP contribution < -0.4 is 4.57 Å². The summed E-state index contributed by atoms with van der Waals surface area (Å²) < 4.78 is 4.87. The van der Waals surface area contributed by atoms with E-state index in [2.05, 4.69) is 65.7 Å². The molecule has 0 fully saturated rings. The maximum Gasteiger partial charge on any atom is 0.256 e. The van der Waals surface area contributed by atoms with E-state index in [4.69, 9.17) is 0 Å². The molecule has 0 amide bonds. The highest BCUT2D eigenvalue weighted by molar-refractivity contribution is 5.13. The molecule has 2 aromatic rings. The minimum absolute atomic E-state index is 0.987. The van der Waals surface area contributed by atoms with Crippen LogP contribution in [0.3, 0.4) is 0 Å². The zero-order valence-corrected chi connectivity index (χ0v) is 13.6. The quantitative estimate of drug-likeness (QED) is 0.478. The van der Waals surface area contributed by atoms with Gasteiger partial charge in [0.1, 0.15) is 18.9 Å². The Balaban J connectivity index is 2.08. The molecule has 114 valence electrons. The number of unbranched alkanes of at least 4 members (excludes halogenated alkanes) is 3. The summed E-state index contributed by atoms with van der Waals surface area (Å²) >= 11 is 0. The fraction of sp³-hybridized carbons (Fsp3) is 0.526. The van der Waals surface area contributed by atoms with Gasteiger partial charge in [-0.15, -0.1) is 0 Å². The van der Waals surface area contributed by atoms with Crippen LogP contribution >= 0.6 is 0 Å². The van der Waals surface area contributed by atoms with Gasteiger partial charge in [0.05, 0.1) is 6.54 Å². The minimum Gasteiger partial charge on any atom is -0.234 e. The van der Waals surface area contributed by atoms with Gasteiger partial charge in [0, 0.05) is 6.42 Å². The van der Waals surface area contributed by atoms with Crippen LogP contribution in [-0.2, 0) is 19.5 Å². The molecular weight excluding hydrogens is 256 g/mol. The van der Waals surface area contributed by atoms with Crippen molar-refractivity contribution in [2.75, 3.05) is 0 Å². The zero-order chi connectivity index (χ0) is 14.9. The van der Waals surface area contributed by atoms with Crippen molar-refractivity contribution >= 4 is 0 Å². The molecule has 2 heteroatoms. The highest BCUT2D eigenvalue weighted by Gasteiger charge is 2.16. The van der Waals surface area contributed by atoms with Crippen molar-refractivity contribution < 1.29 is 4.57 Å². The molecule has 0 saturated carbocycles. The first-order valence-electron chi connectivity index (χ1n) is 8.46. The predicted molar refractivity (Wildman–Crippen MR) is 88.3 cm³/mol. The number of nitrogens with zero attached hydrogens (tertiary/aromatic N) is 2. The Morgan fingerprint density at radius 2 is 1.76 bits per heavy atom. The van der Waals surface area contributed by atoms with Gasteiger partial charge in [-0.05, 0) is 18.4 Å². The van der Waals surface area contributed by atoms with Gasteiger partial charge < -0.3 is 0 Å². The number of imidazole rings is 1. The van der Waals surface area contributed by atoms with Gasteiger partial charge in [-0.2, -0.15) is 0 Å². The zero-order valence-electron chi connectivity index (χ0n) is 13.6. The molecule has 0 aliphatic heterocycles. The largest absolute Gasteiger partial charge is 0.256 e. The molecule has 21 heavy (non-hydrogen) atoms. The van der Waals surface area contributed by atoms with Crippen molar-refractivity contribution in [2.24, 2.45) is 0 Å². The number of hydrogen-bond donors (Lipinski definition) is 0. The maximum atomic E-state index is 2.44. The lowest BCUT2D eigenvalue weighted by molar-refractivity contribution is -0.695. The molecule has 0 aliphatic rings. The topological polar surface area (TPSA) is 8.81 Å². The normalized spacial score (nSPS) is 11.0. The summed E-state index contributed by atoms with van der Waals surface area (Å²) in [5.74, 6) is 1.48. The third-order valence-electron chi connectivity index (χ3n) is 4.00. The fourth-order valence-electron chi connectivity index (χ4n) is 2.86. The van der Waals surface area contributed by atoms with Crippen molar-refractivity contribution in [3.8, 4) is 0 Å². The van der Waals surface area contributed by atoms with Crippen LogP contribution in [0.4, 0.5) is 0 Å². The Labute approximate surface area is 129 Å². The Morgan fingerprint density at radius 1 is 0.952 bits per heavy atom. The van der Waals surface area contributed by atoms with Crippen LogP contribution in [-0.4, -0.2) is 4.57 Å². The van der Waals surface area contributed by atoms with Crippen LogP contribution in [0, 0.1) is 0 Å². The molecule has 1 aromatic carbocycles. The van der Waals surface area contributed by atoms with E-state index in [1.54, 1.807) is 0 Å². The third kappa shape index (κ3) is 4.73. The van der Waals surface area contributed by atoms with Crippen molar-refractivity contribution in [3.63, 3.8) is 0 Å². The van der Waals surface area contributed by atoms with Crippen LogP contribution in [0.15, 0.2) is 42.7 Å². The summed E-state index contributed by atoms with van der Waals surface area (Å²) in [4.78, 5) is 0. The third-order valence-corrected chi connectivity index (χ3v) is 4.00. The van der Waals surface area contributed by atoms with Gasteiger partial charge in [-0.3, -0.25) is 0 Å². The molecule has 1 aromatic heterocycles. The Morgan fingerprint density at radius 3 is 2.48 bits per heavy atom. The van der Waals surface area contributed by atoms with E-state index in [1.807, 2.05) is 0 Å². The van der Waals surface area contributed by atoms with Crippen molar-refractivity contribution in [1.29, 1.82) is 0 Å². The number of hydrogen-bond acceptors (Lipinski definition) is 0. The average Bonchev–Trinajstić information content (AvgIpc) is 2.87. The number of aromatic nitrogens is 2. The van der Waals surface area contributed by atoms with Gasteiger partial charge in [0.15, 0.2) is 0 Å². The molecular formula is C19H29N2+. The Kier molecular flexibility index (Phi) is 6.52. The molecule has 0 N–H and O–H groups in total. The first-order valence-corrected chi connectivity index (χ1v) is 8.46. The van der Waals surface area contributed by atoms with E-state index in [1.165, 1.54) is 49.9 Å². The van der Waals surface area contributed by atoms with E-state index in [9.17, 15) is 0 Å². The predicted octanol–water partition coefficient (Wildman–Crippen LogP) is 4.36. The molecule has 0 radical (unpaired) electrons. The standard InChI is InChI=1S/C19H29N2/c1-3-5-6-10-13-19-20(14-4-2)15-16-21(19)17-18-11-8-7-9-12-18/h7-9,11-12,15-16H,3-6,10,13-14,17H2,1-2H3/q+1. The first-order chi connectivity index (χ1) is 10.3. The van der Waals surface area contributed by atoms with Gasteiger partial charge >= 0.3 is 0 Å². The van der Waals surface area contributed by atoms with Gasteiger partial charge in [0.25, 0.3) is 5.82 Å². The first kappa shape index (κ1) is 15.8. The monoisotopic (exact) mass is 285 g/mol. The summed E-state index contributed by atoms with van der Waals surface area (Å²) in [5.41, 5.74) is 1.38. The van der Waals surface area contributed by atoms with E-state index in [-0.39, 0.29) is 0 Å². The second-order valence-electron chi connectivity index (χ2n) is 5.83. The SMILES string of the molecule is CCCCCCc1n(CCC)cc[n+]1Cc1ccccc1. The molecule has 0 saturated heterocycles. The minimum atomic E-state index is 0.987. The molecule has 1 heterocycles. The number of benzene rings is 1. The molecule has 0 atom stereocenters. The lowest BCUT2D eigenvalue weighted by Crippen LogP contribution is -2.37. The number of rotatable bonds is 9. The van der Waals surface area contributed by atoms with Crippen LogP contribution in [0.1, 0.15) is 57.3 Å². The van der Waals surface area contributed by atoms with E-state index >= 15 is 0 Å². The maximum absolute atomic E-state index is 2.44.